The van der Waals surface area contributed by atoms with Crippen molar-refractivity contribution in [2.75, 3.05) is 5.73 Å². The molecule has 0 radical (unpaired) electrons. The first kappa shape index (κ1) is 15.5. The number of halogens is 1. The number of aryl methyl sites for hydroxylation is 1. The Morgan fingerprint density at radius 1 is 1.21 bits per heavy atom. The Balaban J connectivity index is 2.51. The van der Waals surface area contributed by atoms with Gasteiger partial charge in [0.1, 0.15) is 5.82 Å². The summed E-state index contributed by atoms with van der Waals surface area (Å²) in [6.07, 6.45) is 7.43. The maximum absolute atomic E-state index is 13.9. The molecule has 1 aromatic carbocycles. The molecule has 3 N–H and O–H groups in total. The third kappa shape index (κ3) is 4.54. The molecule has 0 atom stereocenters. The first-order chi connectivity index (χ1) is 9.07. The predicted molar refractivity (Wildman–Crippen MR) is 74.9 cm³/mol. The highest BCUT2D eigenvalue weighted by Gasteiger charge is 2.14. The monoisotopic (exact) mass is 267 g/mol. The highest BCUT2D eigenvalue weighted by Crippen LogP contribution is 2.22. The SMILES string of the molecule is CCCCCCCCc1ccc(C(=O)O)c(N)c1F. The molecule has 0 saturated heterocycles. The number of carboxylic acids is 1. The molecule has 0 aliphatic heterocycles. The van der Waals surface area contributed by atoms with Crippen molar-refractivity contribution in [2.45, 2.75) is 51.9 Å². The average Bonchev–Trinajstić information content (AvgIpc) is 2.38. The number of hydrogen-bond donors (Lipinski definition) is 2. The maximum Gasteiger partial charge on any atom is 0.337 e. The number of aromatic carboxylic acids is 1. The van der Waals surface area contributed by atoms with Crippen LogP contribution in [0.2, 0.25) is 0 Å². The second kappa shape index (κ2) is 7.77. The molecule has 1 aromatic rings. The van der Waals surface area contributed by atoms with Crippen LogP contribution in [0.25, 0.3) is 0 Å². The highest BCUT2D eigenvalue weighted by molar-refractivity contribution is 5.93. The van der Waals surface area contributed by atoms with Gasteiger partial charge in [0.15, 0.2) is 0 Å². The largest absolute Gasteiger partial charge is 0.478 e. The van der Waals surface area contributed by atoms with Gasteiger partial charge in [-0.2, -0.15) is 0 Å². The van der Waals surface area contributed by atoms with Crippen LogP contribution in [0.15, 0.2) is 12.1 Å². The summed E-state index contributed by atoms with van der Waals surface area (Å²) >= 11 is 0. The van der Waals surface area contributed by atoms with Gasteiger partial charge in [-0.25, -0.2) is 9.18 Å². The van der Waals surface area contributed by atoms with Crippen LogP contribution in [0.4, 0.5) is 10.1 Å². The quantitative estimate of drug-likeness (QED) is 0.552. The van der Waals surface area contributed by atoms with Gasteiger partial charge >= 0.3 is 5.97 Å². The lowest BCUT2D eigenvalue weighted by Crippen LogP contribution is -2.07. The van der Waals surface area contributed by atoms with Crippen LogP contribution in [0.5, 0.6) is 0 Å². The third-order valence-electron chi connectivity index (χ3n) is 3.29. The van der Waals surface area contributed by atoms with Crippen molar-refractivity contribution in [3.8, 4) is 0 Å². The van der Waals surface area contributed by atoms with Crippen molar-refractivity contribution in [2.24, 2.45) is 0 Å². The Bertz CT molecular complexity index is 432. The van der Waals surface area contributed by atoms with E-state index in [0.29, 0.717) is 12.0 Å². The number of carbonyl (C=O) groups is 1. The van der Waals surface area contributed by atoms with Crippen molar-refractivity contribution in [3.05, 3.63) is 29.1 Å². The topological polar surface area (TPSA) is 63.3 Å². The van der Waals surface area contributed by atoms with Crippen LogP contribution >= 0.6 is 0 Å². The van der Waals surface area contributed by atoms with E-state index in [1.807, 2.05) is 0 Å². The van der Waals surface area contributed by atoms with Crippen LogP contribution < -0.4 is 5.73 Å². The zero-order valence-corrected chi connectivity index (χ0v) is 11.4. The van der Waals surface area contributed by atoms with Crippen LogP contribution in [0, 0.1) is 5.82 Å². The minimum absolute atomic E-state index is 0.163. The number of hydrogen-bond acceptors (Lipinski definition) is 2. The minimum atomic E-state index is -1.19. The van der Waals surface area contributed by atoms with E-state index in [9.17, 15) is 9.18 Å². The zero-order chi connectivity index (χ0) is 14.3. The summed E-state index contributed by atoms with van der Waals surface area (Å²) in [5.74, 6) is -1.77. The molecule has 106 valence electrons. The lowest BCUT2D eigenvalue weighted by Gasteiger charge is -2.08. The van der Waals surface area contributed by atoms with E-state index in [1.54, 1.807) is 0 Å². The molecule has 1 rings (SSSR count). The molecule has 3 nitrogen and oxygen atoms in total. The highest BCUT2D eigenvalue weighted by atomic mass is 19.1. The Kier molecular flexibility index (Phi) is 6.33. The summed E-state index contributed by atoms with van der Waals surface area (Å²) in [7, 11) is 0. The van der Waals surface area contributed by atoms with Crippen molar-refractivity contribution < 1.29 is 14.3 Å². The van der Waals surface area contributed by atoms with Gasteiger partial charge in [0, 0.05) is 0 Å². The average molecular weight is 267 g/mol. The van der Waals surface area contributed by atoms with Crippen molar-refractivity contribution in [3.63, 3.8) is 0 Å². The fraction of sp³-hybridized carbons (Fsp3) is 0.533. The van der Waals surface area contributed by atoms with Crippen molar-refractivity contribution in [1.82, 2.24) is 0 Å². The van der Waals surface area contributed by atoms with Crippen LogP contribution in [-0.4, -0.2) is 11.1 Å². The van der Waals surface area contributed by atoms with Gasteiger partial charge in [0.25, 0.3) is 0 Å². The summed E-state index contributed by atoms with van der Waals surface area (Å²) in [4.78, 5) is 10.8. The standard InChI is InChI=1S/C15H22FNO2/c1-2-3-4-5-6-7-8-11-9-10-12(15(18)19)14(17)13(11)16/h9-10H,2-8,17H2,1H3,(H,18,19). The molecule has 0 amide bonds. The van der Waals surface area contributed by atoms with Crippen LogP contribution in [0.1, 0.15) is 61.4 Å². The molecule has 0 unspecified atom stereocenters. The van der Waals surface area contributed by atoms with Crippen molar-refractivity contribution >= 4 is 11.7 Å². The number of nitrogen functional groups attached to an aromatic ring is 1. The second-order valence-corrected chi connectivity index (χ2v) is 4.82. The molecule has 4 heteroatoms. The molecule has 0 spiro atoms. The van der Waals surface area contributed by atoms with Gasteiger partial charge in [-0.3, -0.25) is 0 Å². The molecule has 0 aromatic heterocycles. The number of anilines is 1. The van der Waals surface area contributed by atoms with Gasteiger partial charge in [-0.05, 0) is 24.5 Å². The molecule has 19 heavy (non-hydrogen) atoms. The Hall–Kier alpha value is -1.58. The van der Waals surface area contributed by atoms with Gasteiger partial charge in [0.05, 0.1) is 11.3 Å². The van der Waals surface area contributed by atoms with E-state index in [1.165, 1.54) is 31.4 Å². The summed E-state index contributed by atoms with van der Waals surface area (Å²) in [6, 6.07) is 2.91. The molecule has 0 fully saturated rings. The molecular weight excluding hydrogens is 245 g/mol. The van der Waals surface area contributed by atoms with Gasteiger partial charge in [0.2, 0.25) is 0 Å². The number of unbranched alkanes of at least 4 members (excludes halogenated alkanes) is 5. The van der Waals surface area contributed by atoms with E-state index < -0.39 is 11.8 Å². The normalized spacial score (nSPS) is 10.6. The van der Waals surface area contributed by atoms with Gasteiger partial charge in [-0.15, -0.1) is 0 Å². The van der Waals surface area contributed by atoms with Crippen LogP contribution in [0.3, 0.4) is 0 Å². The third-order valence-corrected chi connectivity index (χ3v) is 3.29. The molecule has 0 bridgehead atoms. The molecule has 0 saturated carbocycles. The first-order valence-electron chi connectivity index (χ1n) is 6.88. The van der Waals surface area contributed by atoms with Crippen molar-refractivity contribution in [1.29, 1.82) is 0 Å². The summed E-state index contributed by atoms with van der Waals surface area (Å²) < 4.78 is 13.9. The van der Waals surface area contributed by atoms with Gasteiger partial charge < -0.3 is 10.8 Å². The minimum Gasteiger partial charge on any atom is -0.478 e. The molecule has 0 aliphatic rings. The predicted octanol–water partition coefficient (Wildman–Crippen LogP) is 4.01. The lowest BCUT2D eigenvalue weighted by atomic mass is 10.0. The van der Waals surface area contributed by atoms with E-state index in [4.69, 9.17) is 10.8 Å². The van der Waals surface area contributed by atoms with E-state index in [2.05, 4.69) is 6.92 Å². The van der Waals surface area contributed by atoms with E-state index >= 15 is 0 Å². The van der Waals surface area contributed by atoms with Gasteiger partial charge in [-0.1, -0.05) is 45.1 Å². The summed E-state index contributed by atoms with van der Waals surface area (Å²) in [5, 5.41) is 8.83. The second-order valence-electron chi connectivity index (χ2n) is 4.82. The van der Waals surface area contributed by atoms with Crippen LogP contribution in [-0.2, 0) is 6.42 Å². The number of nitrogens with two attached hydrogens (primary N) is 1. The number of carboxylic acid groups (broad SMARTS) is 1. The molecule has 0 aliphatic carbocycles. The lowest BCUT2D eigenvalue weighted by molar-refractivity contribution is 0.0697. The Morgan fingerprint density at radius 2 is 1.84 bits per heavy atom. The first-order valence-corrected chi connectivity index (χ1v) is 6.88. The fourth-order valence-corrected chi connectivity index (χ4v) is 2.11. The Labute approximate surface area is 113 Å². The molecular formula is C15H22FNO2. The fourth-order valence-electron chi connectivity index (χ4n) is 2.11. The summed E-state index contributed by atoms with van der Waals surface area (Å²) in [6.45, 7) is 2.17. The maximum atomic E-state index is 13.9. The summed E-state index contributed by atoms with van der Waals surface area (Å²) in [5.41, 5.74) is 5.59. The number of benzene rings is 1. The number of rotatable bonds is 8. The van der Waals surface area contributed by atoms with E-state index in [-0.39, 0.29) is 11.3 Å². The van der Waals surface area contributed by atoms with E-state index in [0.717, 1.165) is 19.3 Å². The molecule has 0 heterocycles. The zero-order valence-electron chi connectivity index (χ0n) is 11.4. The smallest absolute Gasteiger partial charge is 0.337 e. The Morgan fingerprint density at radius 3 is 2.47 bits per heavy atom.